The van der Waals surface area contributed by atoms with Crippen molar-refractivity contribution in [3.63, 3.8) is 0 Å². The van der Waals surface area contributed by atoms with Crippen LogP contribution in [0.25, 0.3) is 11.2 Å². The number of alkyl halides is 2. The van der Waals surface area contributed by atoms with Crippen LogP contribution in [0.5, 0.6) is 0 Å². The lowest BCUT2D eigenvalue weighted by atomic mass is 10.00. The van der Waals surface area contributed by atoms with Crippen molar-refractivity contribution in [2.75, 3.05) is 24.4 Å². The number of nitrogens with one attached hydrogen (secondary N) is 1. The number of fused-ring (bicyclic) bond motifs is 2. The van der Waals surface area contributed by atoms with Crippen molar-refractivity contribution in [3.8, 4) is 0 Å². The number of thioether (sulfide) groups is 1. The molecule has 4 rings (SSSR count). The predicted molar refractivity (Wildman–Crippen MR) is 157 cm³/mol. The molecule has 1 saturated carbocycles. The normalized spacial score (nSPS) is 27.0. The van der Waals surface area contributed by atoms with E-state index in [1.54, 1.807) is 34.6 Å². The quantitative estimate of drug-likeness (QED) is 0.129. The minimum atomic E-state index is -4.08. The highest BCUT2D eigenvalue weighted by atomic mass is 35.5. The van der Waals surface area contributed by atoms with E-state index >= 15 is 0 Å². The van der Waals surface area contributed by atoms with Gasteiger partial charge in [0.2, 0.25) is 0 Å². The van der Waals surface area contributed by atoms with Gasteiger partial charge in [-0.05, 0) is 20.8 Å². The molecule has 4 N–H and O–H groups in total. The van der Waals surface area contributed by atoms with Crippen molar-refractivity contribution in [3.05, 3.63) is 12.7 Å². The van der Waals surface area contributed by atoms with Gasteiger partial charge in [-0.1, -0.05) is 55.7 Å². The van der Waals surface area contributed by atoms with Gasteiger partial charge in [-0.25, -0.2) is 15.0 Å². The summed E-state index contributed by atoms with van der Waals surface area (Å²) in [7, 11) is -4.08. The first-order chi connectivity index (χ1) is 19.4. The first kappa shape index (κ1) is 33.3. The van der Waals surface area contributed by atoms with E-state index in [2.05, 4.69) is 20.3 Å². The topological polar surface area (TPSA) is 190 Å². The fourth-order valence-electron chi connectivity index (χ4n) is 4.19. The molecule has 0 aromatic carbocycles. The maximum Gasteiger partial charge on any atom is 0.344 e. The van der Waals surface area contributed by atoms with Gasteiger partial charge in [0.1, 0.15) is 30.1 Å². The van der Waals surface area contributed by atoms with Crippen molar-refractivity contribution in [1.29, 1.82) is 0 Å². The number of carbonyl (C=O) groups excluding carboxylic acids is 2. The summed E-state index contributed by atoms with van der Waals surface area (Å²) in [5, 5.41) is 14.2. The molecule has 234 valence electrons. The highest BCUT2D eigenvalue weighted by Crippen LogP contribution is 2.69. The molecule has 6 atom stereocenters. The minimum Gasteiger partial charge on any atom is -0.462 e. The third kappa shape index (κ3) is 6.45. The van der Waals surface area contributed by atoms with Crippen molar-refractivity contribution in [2.45, 2.75) is 82.1 Å². The molecule has 1 aliphatic heterocycles. The van der Waals surface area contributed by atoms with E-state index in [9.17, 15) is 19.3 Å². The second-order valence-electron chi connectivity index (χ2n) is 11.4. The SMILES string of the molecule is CC(C)OC(=O)[C@H](C)NCP(=O)(OCCSC(=O)C(C)(C)C)OC1[C@H]2O[C@@H](n3cnc4c(N)ncnc43)C(Cl)(Cl)[C@@]12O. The molecule has 42 heavy (non-hydrogen) atoms. The molecule has 3 heterocycles. The Morgan fingerprint density at radius 1 is 1.29 bits per heavy atom. The van der Waals surface area contributed by atoms with Gasteiger partial charge in [0.25, 0.3) is 0 Å². The van der Waals surface area contributed by atoms with E-state index < -0.39 is 59.7 Å². The van der Waals surface area contributed by atoms with E-state index in [-0.39, 0.29) is 35.0 Å². The highest BCUT2D eigenvalue weighted by Gasteiger charge is 2.85. The Balaban J connectivity index is 1.48. The Labute approximate surface area is 257 Å². The number of aromatic nitrogens is 4. The lowest BCUT2D eigenvalue weighted by Gasteiger charge is -2.31. The number of halogens is 2. The summed E-state index contributed by atoms with van der Waals surface area (Å²) in [4.78, 5) is 36.8. The van der Waals surface area contributed by atoms with E-state index in [0.29, 0.717) is 5.52 Å². The van der Waals surface area contributed by atoms with Gasteiger partial charge in [-0.15, -0.1) is 0 Å². The average molecular weight is 670 g/mol. The molecule has 14 nitrogen and oxygen atoms in total. The number of imidazole rings is 1. The van der Waals surface area contributed by atoms with E-state index in [1.165, 1.54) is 24.1 Å². The van der Waals surface area contributed by atoms with Gasteiger partial charge in [0, 0.05) is 11.2 Å². The van der Waals surface area contributed by atoms with Crippen molar-refractivity contribution >= 4 is 70.6 Å². The Kier molecular flexibility index (Phi) is 9.60. The molecule has 1 saturated heterocycles. The van der Waals surface area contributed by atoms with Gasteiger partial charge in [0.05, 0.1) is 25.3 Å². The zero-order valence-corrected chi connectivity index (χ0v) is 27.2. The smallest absolute Gasteiger partial charge is 0.344 e. The Bertz CT molecular complexity index is 1390. The summed E-state index contributed by atoms with van der Waals surface area (Å²) >= 11 is 14.4. The minimum absolute atomic E-state index is 0.0661. The molecule has 2 aromatic heterocycles. The molecular weight excluding hydrogens is 634 g/mol. The van der Waals surface area contributed by atoms with Crippen LogP contribution in [0.3, 0.4) is 0 Å². The summed E-state index contributed by atoms with van der Waals surface area (Å²) in [5.41, 5.74) is 3.88. The van der Waals surface area contributed by atoms with Gasteiger partial charge in [-0.2, -0.15) is 0 Å². The zero-order chi connectivity index (χ0) is 31.3. The van der Waals surface area contributed by atoms with Crippen molar-refractivity contribution < 1.29 is 37.8 Å². The number of ether oxygens (including phenoxy) is 2. The molecule has 0 radical (unpaired) electrons. The fourth-order valence-corrected chi connectivity index (χ4v) is 7.55. The molecule has 1 aliphatic carbocycles. The Morgan fingerprint density at radius 2 is 1.98 bits per heavy atom. The molecule has 2 aromatic rings. The van der Waals surface area contributed by atoms with Crippen LogP contribution in [-0.2, 0) is 32.7 Å². The number of aliphatic hydroxyl groups is 1. The van der Waals surface area contributed by atoms with Crippen LogP contribution in [0.15, 0.2) is 12.7 Å². The van der Waals surface area contributed by atoms with Crippen LogP contribution < -0.4 is 11.1 Å². The number of rotatable bonds is 12. The van der Waals surface area contributed by atoms with Crippen LogP contribution in [-0.4, -0.2) is 88.6 Å². The number of nitrogens with two attached hydrogens (primary N) is 1. The van der Waals surface area contributed by atoms with Crippen LogP contribution in [0.1, 0.15) is 47.8 Å². The number of nitrogens with zero attached hydrogens (tertiary/aromatic N) is 4. The summed E-state index contributed by atoms with van der Waals surface area (Å²) in [6.07, 6.45) is -1.65. The second-order valence-corrected chi connectivity index (χ2v) is 15.8. The Hall–Kier alpha value is -1.55. The van der Waals surface area contributed by atoms with E-state index in [4.69, 9.17) is 47.5 Å². The number of hydrogen-bond acceptors (Lipinski definition) is 14. The number of carbonyl (C=O) groups is 2. The summed E-state index contributed by atoms with van der Waals surface area (Å²) < 4.78 is 35.9. The number of hydrogen-bond donors (Lipinski definition) is 3. The molecule has 0 amide bonds. The molecule has 18 heteroatoms. The lowest BCUT2D eigenvalue weighted by Crippen LogP contribution is -2.42. The molecule has 2 aliphatic rings. The standard InChI is InChI=1S/C24H35Cl2N6O8PS/c1-12(2)38-19(33)13(3)31-11-41(36,37-7-8-42-21(34)22(4,5)6)40-16-15-23(16,35)24(25,26)20(39-15)32-10-30-14-17(27)28-9-29-18(14)32/h9-10,12-13,15-16,20,31,35H,7-8,11H2,1-6H3,(H2,27,28,29)/t13-,15+,16?,20+,23-,41?/m0/s1. The molecule has 2 fully saturated rings. The summed E-state index contributed by atoms with van der Waals surface area (Å²) in [6, 6.07) is -0.851. The third-order valence-electron chi connectivity index (χ3n) is 6.58. The van der Waals surface area contributed by atoms with Gasteiger partial charge >= 0.3 is 13.6 Å². The maximum absolute atomic E-state index is 13.9. The lowest BCUT2D eigenvalue weighted by molar-refractivity contribution is -0.149. The van der Waals surface area contributed by atoms with E-state index in [1.807, 2.05) is 0 Å². The summed E-state index contributed by atoms with van der Waals surface area (Å²) in [5.74, 6) is -0.233. The third-order valence-corrected chi connectivity index (χ3v) is 10.5. The van der Waals surface area contributed by atoms with E-state index in [0.717, 1.165) is 11.8 Å². The largest absolute Gasteiger partial charge is 0.462 e. The van der Waals surface area contributed by atoms with Crippen molar-refractivity contribution in [1.82, 2.24) is 24.8 Å². The second kappa shape index (κ2) is 12.1. The fraction of sp³-hybridized carbons (Fsp3) is 0.708. The molecule has 2 unspecified atom stereocenters. The van der Waals surface area contributed by atoms with Gasteiger partial charge in [-0.3, -0.25) is 28.6 Å². The van der Waals surface area contributed by atoms with Gasteiger partial charge < -0.3 is 24.8 Å². The molecular formula is C24H35Cl2N6O8PS. The van der Waals surface area contributed by atoms with Crippen LogP contribution in [0.2, 0.25) is 0 Å². The monoisotopic (exact) mass is 668 g/mol. The van der Waals surface area contributed by atoms with Gasteiger partial charge in [0.15, 0.2) is 32.7 Å². The number of esters is 1. The van der Waals surface area contributed by atoms with Crippen molar-refractivity contribution in [2.24, 2.45) is 5.41 Å². The van der Waals surface area contributed by atoms with Crippen LogP contribution in [0.4, 0.5) is 5.82 Å². The number of nitrogen functional groups attached to an aromatic ring is 1. The zero-order valence-electron chi connectivity index (χ0n) is 23.9. The molecule has 0 bridgehead atoms. The molecule has 0 spiro atoms. The first-order valence-electron chi connectivity index (χ1n) is 13.1. The summed E-state index contributed by atoms with van der Waals surface area (Å²) in [6.45, 7) is 10.2. The Morgan fingerprint density at radius 3 is 2.57 bits per heavy atom. The van der Waals surface area contributed by atoms with Crippen LogP contribution >= 0.6 is 42.6 Å². The predicted octanol–water partition coefficient (Wildman–Crippen LogP) is 3.01. The average Bonchev–Trinajstić information content (AvgIpc) is 3.16. The first-order valence-corrected chi connectivity index (χ1v) is 16.6. The highest BCUT2D eigenvalue weighted by molar-refractivity contribution is 8.13. The maximum atomic E-state index is 13.9. The van der Waals surface area contributed by atoms with Crippen LogP contribution in [0, 0.1) is 5.41 Å². The number of anilines is 1.